The van der Waals surface area contributed by atoms with E-state index in [1.165, 1.54) is 0 Å². The van der Waals surface area contributed by atoms with E-state index in [2.05, 4.69) is 19.6 Å². The summed E-state index contributed by atoms with van der Waals surface area (Å²) in [6, 6.07) is 0. The summed E-state index contributed by atoms with van der Waals surface area (Å²) >= 11 is 0. The Morgan fingerprint density at radius 1 is 1.59 bits per heavy atom. The van der Waals surface area contributed by atoms with Crippen LogP contribution in [0.25, 0.3) is 0 Å². The largest absolute Gasteiger partial charge is 0.385 e. The summed E-state index contributed by atoms with van der Waals surface area (Å²) in [5.41, 5.74) is 1.17. The highest BCUT2D eigenvalue weighted by atomic mass is 16.3. The van der Waals surface area contributed by atoms with Crippen molar-refractivity contribution in [1.82, 2.24) is 0 Å². The molecule has 17 heavy (non-hydrogen) atoms. The summed E-state index contributed by atoms with van der Waals surface area (Å²) in [6.45, 7) is 8.12. The number of carbonyl (C=O) groups excluding carboxylic acids is 1. The van der Waals surface area contributed by atoms with Crippen molar-refractivity contribution in [3.05, 3.63) is 23.8 Å². The SMILES string of the molecule is C=C(C)C1(O)CC[C@]2(C)CC=C(C=O)CC[C@@H]12. The van der Waals surface area contributed by atoms with Crippen molar-refractivity contribution in [3.63, 3.8) is 0 Å². The Bertz CT molecular complexity index is 382. The topological polar surface area (TPSA) is 37.3 Å². The van der Waals surface area contributed by atoms with E-state index in [0.29, 0.717) is 0 Å². The minimum Gasteiger partial charge on any atom is -0.385 e. The van der Waals surface area contributed by atoms with Gasteiger partial charge in [0.2, 0.25) is 0 Å². The molecular formula is C15H22O2. The van der Waals surface area contributed by atoms with Crippen molar-refractivity contribution in [1.29, 1.82) is 0 Å². The van der Waals surface area contributed by atoms with Crippen molar-refractivity contribution in [2.24, 2.45) is 11.3 Å². The van der Waals surface area contributed by atoms with Crippen molar-refractivity contribution < 1.29 is 9.90 Å². The maximum atomic E-state index is 10.9. The molecule has 3 atom stereocenters. The molecular weight excluding hydrogens is 212 g/mol. The lowest BCUT2D eigenvalue weighted by atomic mass is 9.70. The van der Waals surface area contributed by atoms with Gasteiger partial charge in [0.25, 0.3) is 0 Å². The van der Waals surface area contributed by atoms with Crippen LogP contribution in [0.1, 0.15) is 46.0 Å². The van der Waals surface area contributed by atoms with E-state index in [9.17, 15) is 9.90 Å². The Morgan fingerprint density at radius 2 is 2.29 bits per heavy atom. The van der Waals surface area contributed by atoms with Gasteiger partial charge in [-0.3, -0.25) is 4.79 Å². The molecule has 0 radical (unpaired) electrons. The molecule has 0 aromatic carbocycles. The molecule has 1 fully saturated rings. The molecule has 0 saturated heterocycles. The summed E-state index contributed by atoms with van der Waals surface area (Å²) in [5.74, 6) is 0.237. The number of aliphatic hydroxyl groups is 1. The molecule has 2 heteroatoms. The van der Waals surface area contributed by atoms with E-state index in [1.54, 1.807) is 0 Å². The normalized spacial score (nSPS) is 41.4. The van der Waals surface area contributed by atoms with Gasteiger partial charge >= 0.3 is 0 Å². The zero-order valence-electron chi connectivity index (χ0n) is 10.8. The van der Waals surface area contributed by atoms with Crippen molar-refractivity contribution in [2.75, 3.05) is 0 Å². The van der Waals surface area contributed by atoms with Crippen LogP contribution in [0.3, 0.4) is 0 Å². The van der Waals surface area contributed by atoms with E-state index in [-0.39, 0.29) is 11.3 Å². The molecule has 2 rings (SSSR count). The number of hydrogen-bond acceptors (Lipinski definition) is 2. The predicted octanol–water partition coefficient (Wildman–Crippen LogP) is 3.02. The molecule has 1 N–H and O–H groups in total. The third-order valence-corrected chi connectivity index (χ3v) is 4.94. The first kappa shape index (κ1) is 12.6. The van der Waals surface area contributed by atoms with Gasteiger partial charge in [0.05, 0.1) is 5.60 Å². The first-order chi connectivity index (χ1) is 7.92. The van der Waals surface area contributed by atoms with Crippen molar-refractivity contribution >= 4 is 6.29 Å². The summed E-state index contributed by atoms with van der Waals surface area (Å²) in [5, 5.41) is 10.8. The summed E-state index contributed by atoms with van der Waals surface area (Å²) < 4.78 is 0. The Hall–Kier alpha value is -0.890. The maximum Gasteiger partial charge on any atom is 0.145 e. The number of allylic oxidation sites excluding steroid dienone is 2. The van der Waals surface area contributed by atoms with Crippen LogP contribution in [-0.2, 0) is 4.79 Å². The molecule has 0 amide bonds. The maximum absolute atomic E-state index is 10.9. The molecule has 0 spiro atoms. The molecule has 2 aliphatic carbocycles. The van der Waals surface area contributed by atoms with Crippen LogP contribution in [0, 0.1) is 11.3 Å². The Labute approximate surface area is 103 Å². The number of carbonyl (C=O) groups is 1. The Kier molecular flexibility index (Phi) is 3.03. The third-order valence-electron chi connectivity index (χ3n) is 4.94. The highest BCUT2D eigenvalue weighted by Crippen LogP contribution is 2.56. The second kappa shape index (κ2) is 4.09. The van der Waals surface area contributed by atoms with Crippen molar-refractivity contribution in [3.8, 4) is 0 Å². The van der Waals surface area contributed by atoms with Gasteiger partial charge in [-0.05, 0) is 61.5 Å². The molecule has 0 aromatic heterocycles. The Morgan fingerprint density at radius 3 is 2.88 bits per heavy atom. The lowest BCUT2D eigenvalue weighted by Gasteiger charge is -2.38. The second-order valence-electron chi connectivity index (χ2n) is 6.05. The lowest BCUT2D eigenvalue weighted by molar-refractivity contribution is -0.105. The number of fused-ring (bicyclic) bond motifs is 1. The third kappa shape index (κ3) is 1.89. The number of aldehydes is 1. The second-order valence-corrected chi connectivity index (χ2v) is 6.05. The minimum atomic E-state index is -0.721. The van der Waals surface area contributed by atoms with Gasteiger partial charge in [-0.25, -0.2) is 0 Å². The number of rotatable bonds is 2. The molecule has 1 unspecified atom stereocenters. The monoisotopic (exact) mass is 234 g/mol. The zero-order chi connectivity index (χ0) is 12.7. The predicted molar refractivity (Wildman–Crippen MR) is 68.6 cm³/mol. The molecule has 2 nitrogen and oxygen atoms in total. The van der Waals surface area contributed by atoms with Crippen LogP contribution in [0.4, 0.5) is 0 Å². The quantitative estimate of drug-likeness (QED) is 0.589. The molecule has 0 aliphatic heterocycles. The van der Waals surface area contributed by atoms with E-state index >= 15 is 0 Å². The fourth-order valence-corrected chi connectivity index (χ4v) is 3.63. The highest BCUT2D eigenvalue weighted by Gasteiger charge is 2.53. The minimum absolute atomic E-state index is 0.123. The average molecular weight is 234 g/mol. The van der Waals surface area contributed by atoms with Crippen molar-refractivity contribution in [2.45, 2.75) is 51.6 Å². The molecule has 0 aromatic rings. The van der Waals surface area contributed by atoms with E-state index < -0.39 is 5.60 Å². The summed E-state index contributed by atoms with van der Waals surface area (Å²) in [4.78, 5) is 10.9. The standard InChI is InChI=1S/C15H22O2/c1-11(2)15(17)9-8-14(3)7-6-12(10-16)4-5-13(14)15/h6,10,13,17H,1,4-5,7-9H2,2-3H3/t13-,14+,15?/m1/s1. The van der Waals surface area contributed by atoms with Crippen LogP contribution in [-0.4, -0.2) is 17.0 Å². The molecule has 2 aliphatic rings. The van der Waals surface area contributed by atoms with Gasteiger partial charge in [-0.1, -0.05) is 19.6 Å². The van der Waals surface area contributed by atoms with Gasteiger partial charge in [-0.15, -0.1) is 0 Å². The number of hydrogen-bond donors (Lipinski definition) is 1. The fraction of sp³-hybridized carbons (Fsp3) is 0.667. The zero-order valence-corrected chi connectivity index (χ0v) is 10.8. The lowest BCUT2D eigenvalue weighted by Crippen LogP contribution is -2.39. The Balaban J connectivity index is 2.31. The average Bonchev–Trinajstić information content (AvgIpc) is 2.46. The van der Waals surface area contributed by atoms with Crippen LogP contribution < -0.4 is 0 Å². The van der Waals surface area contributed by atoms with Crippen LogP contribution >= 0.6 is 0 Å². The highest BCUT2D eigenvalue weighted by molar-refractivity contribution is 5.73. The van der Waals surface area contributed by atoms with Gasteiger partial charge in [0, 0.05) is 0 Å². The smallest absolute Gasteiger partial charge is 0.145 e. The molecule has 0 bridgehead atoms. The van der Waals surface area contributed by atoms with Gasteiger partial charge < -0.3 is 5.11 Å². The first-order valence-corrected chi connectivity index (χ1v) is 6.45. The van der Waals surface area contributed by atoms with Gasteiger partial charge in [-0.2, -0.15) is 0 Å². The molecule has 1 saturated carbocycles. The van der Waals surface area contributed by atoms with Gasteiger partial charge in [0.15, 0.2) is 0 Å². The molecule has 0 heterocycles. The summed E-state index contributed by atoms with van der Waals surface area (Å²) in [7, 11) is 0. The van der Waals surface area contributed by atoms with Crippen LogP contribution in [0.15, 0.2) is 23.8 Å². The fourth-order valence-electron chi connectivity index (χ4n) is 3.63. The summed E-state index contributed by atoms with van der Waals surface area (Å²) in [6.07, 6.45) is 7.45. The molecule has 94 valence electrons. The van der Waals surface area contributed by atoms with E-state index in [0.717, 1.165) is 49.5 Å². The first-order valence-electron chi connectivity index (χ1n) is 6.45. The van der Waals surface area contributed by atoms with Crippen LogP contribution in [0.2, 0.25) is 0 Å². The van der Waals surface area contributed by atoms with E-state index in [4.69, 9.17) is 0 Å². The van der Waals surface area contributed by atoms with Crippen LogP contribution in [0.5, 0.6) is 0 Å². The van der Waals surface area contributed by atoms with E-state index in [1.807, 2.05) is 6.92 Å². The van der Waals surface area contributed by atoms with Gasteiger partial charge in [0.1, 0.15) is 6.29 Å².